The van der Waals surface area contributed by atoms with Gasteiger partial charge in [0.25, 0.3) is 0 Å². The zero-order chi connectivity index (χ0) is 22.4. The van der Waals surface area contributed by atoms with Crippen LogP contribution in [0.2, 0.25) is 0 Å². The third-order valence-electron chi connectivity index (χ3n) is 12.8. The molecule has 0 aromatic rings. The molecule has 2 saturated heterocycles. The van der Waals surface area contributed by atoms with E-state index in [0.29, 0.717) is 27.8 Å². The van der Waals surface area contributed by atoms with Crippen molar-refractivity contribution in [2.75, 3.05) is 0 Å². The third kappa shape index (κ3) is 2.65. The van der Waals surface area contributed by atoms with E-state index < -0.39 is 0 Å². The Morgan fingerprint density at radius 3 is 2.23 bits per heavy atom. The molecule has 1 heteroatoms. The zero-order valence-electron chi connectivity index (χ0n) is 21.9. The molecule has 5 fully saturated rings. The lowest BCUT2D eigenvalue weighted by molar-refractivity contribution is -0.230. The van der Waals surface area contributed by atoms with E-state index in [-0.39, 0.29) is 5.60 Å². The molecular formula is C30H50O. The number of allylic oxidation sites excluding steroid dienone is 2. The summed E-state index contributed by atoms with van der Waals surface area (Å²) >= 11 is 0. The minimum atomic E-state index is 0.182. The van der Waals surface area contributed by atoms with Crippen molar-refractivity contribution in [1.82, 2.24) is 0 Å². The number of hydrogen-bond donors (Lipinski definition) is 0. The van der Waals surface area contributed by atoms with Crippen LogP contribution in [0.5, 0.6) is 0 Å². The Bertz CT molecular complexity index is 760. The van der Waals surface area contributed by atoms with Gasteiger partial charge in [0, 0.05) is 5.41 Å². The maximum Gasteiger partial charge on any atom is 0.0777 e. The Labute approximate surface area is 193 Å². The van der Waals surface area contributed by atoms with Crippen LogP contribution >= 0.6 is 0 Å². The highest BCUT2D eigenvalue weighted by Crippen LogP contribution is 2.79. The molecule has 2 aliphatic heterocycles. The average Bonchev–Trinajstić information content (AvgIpc) is 3.30. The van der Waals surface area contributed by atoms with Gasteiger partial charge in [0.05, 0.1) is 11.7 Å². The van der Waals surface area contributed by atoms with E-state index in [0.717, 1.165) is 23.7 Å². The Balaban J connectivity index is 1.44. The van der Waals surface area contributed by atoms with Crippen molar-refractivity contribution in [3.05, 3.63) is 11.6 Å². The number of fused-ring (bicyclic) bond motifs is 4. The van der Waals surface area contributed by atoms with Gasteiger partial charge in [-0.25, -0.2) is 0 Å². The maximum absolute atomic E-state index is 7.12. The van der Waals surface area contributed by atoms with E-state index in [1.54, 1.807) is 0 Å². The van der Waals surface area contributed by atoms with E-state index in [2.05, 4.69) is 61.5 Å². The fraction of sp³-hybridized carbons (Fsp3) is 0.933. The van der Waals surface area contributed by atoms with Gasteiger partial charge in [0.2, 0.25) is 0 Å². The molecule has 2 heterocycles. The van der Waals surface area contributed by atoms with Crippen LogP contribution in [0.25, 0.3) is 0 Å². The van der Waals surface area contributed by atoms with Crippen LogP contribution in [0.4, 0.5) is 0 Å². The monoisotopic (exact) mass is 426 g/mol. The van der Waals surface area contributed by atoms with Gasteiger partial charge in [-0.05, 0) is 118 Å². The van der Waals surface area contributed by atoms with Gasteiger partial charge in [-0.2, -0.15) is 0 Å². The first-order chi connectivity index (χ1) is 14.4. The molecule has 1 spiro atoms. The Kier molecular flexibility index (Phi) is 4.98. The first-order valence-electron chi connectivity index (χ1n) is 13.7. The minimum absolute atomic E-state index is 0.182. The van der Waals surface area contributed by atoms with Crippen molar-refractivity contribution in [2.24, 2.45) is 45.3 Å². The van der Waals surface area contributed by atoms with Crippen LogP contribution in [0.3, 0.4) is 0 Å². The van der Waals surface area contributed by atoms with Crippen LogP contribution in [0.1, 0.15) is 120 Å². The van der Waals surface area contributed by atoms with Crippen molar-refractivity contribution in [3.8, 4) is 0 Å². The highest BCUT2D eigenvalue weighted by Gasteiger charge is 2.76. The molecule has 2 bridgehead atoms. The van der Waals surface area contributed by atoms with E-state index in [4.69, 9.17) is 4.74 Å². The normalized spacial score (nSPS) is 52.9. The van der Waals surface area contributed by atoms with Gasteiger partial charge in [0.15, 0.2) is 0 Å². The molecule has 0 amide bonds. The summed E-state index contributed by atoms with van der Waals surface area (Å²) < 4.78 is 7.12. The standard InChI is InChI=1S/C30H50O/c1-20(2)10-9-11-21(3)22-14-16-28(7)24-13-12-23-26(4,5)25-15-17-30(23,31-25)29(24,8)19-18-27(22,28)6/h10,21-25H,9,11-19H2,1-8H3/t21-,22+,23+,24-,25+,27+,28-,29-,30-/m0/s1. The molecule has 3 saturated carbocycles. The smallest absolute Gasteiger partial charge is 0.0777 e. The second kappa shape index (κ2) is 6.86. The minimum Gasteiger partial charge on any atom is -0.370 e. The molecule has 0 aromatic carbocycles. The van der Waals surface area contributed by atoms with Gasteiger partial charge in [-0.3, -0.25) is 0 Å². The fourth-order valence-electron chi connectivity index (χ4n) is 10.9. The van der Waals surface area contributed by atoms with Crippen LogP contribution in [-0.2, 0) is 4.74 Å². The van der Waals surface area contributed by atoms with E-state index >= 15 is 0 Å². The molecule has 0 radical (unpaired) electrons. The number of hydrogen-bond acceptors (Lipinski definition) is 1. The Morgan fingerprint density at radius 2 is 1.52 bits per heavy atom. The summed E-state index contributed by atoms with van der Waals surface area (Å²) in [6.07, 6.45) is 16.9. The van der Waals surface area contributed by atoms with Crippen LogP contribution < -0.4 is 0 Å². The number of ether oxygens (including phenoxy) is 1. The SMILES string of the molecule is CC(C)=CCC[C@H](C)[C@H]1CC[C@@]2(C)[C@@H]3CC[C@@H]4C(C)(C)[C@H]5CC[C@@]4(O5)[C@@]3(C)CC[C@]12C. The molecule has 3 aliphatic carbocycles. The Morgan fingerprint density at radius 1 is 0.839 bits per heavy atom. The van der Waals surface area contributed by atoms with Crippen LogP contribution in [0.15, 0.2) is 11.6 Å². The summed E-state index contributed by atoms with van der Waals surface area (Å²) in [6.45, 7) is 20.3. The average molecular weight is 427 g/mol. The second-order valence-electron chi connectivity index (χ2n) is 14.3. The quantitative estimate of drug-likeness (QED) is 0.409. The molecule has 5 aliphatic rings. The molecule has 9 atom stereocenters. The van der Waals surface area contributed by atoms with Crippen molar-refractivity contribution in [3.63, 3.8) is 0 Å². The topological polar surface area (TPSA) is 9.23 Å². The molecule has 0 N–H and O–H groups in total. The highest BCUT2D eigenvalue weighted by molar-refractivity contribution is 5.25. The summed E-state index contributed by atoms with van der Waals surface area (Å²) in [7, 11) is 0. The summed E-state index contributed by atoms with van der Waals surface area (Å²) in [5.41, 5.74) is 3.43. The first kappa shape index (κ1) is 22.5. The highest BCUT2D eigenvalue weighted by atomic mass is 16.5. The molecule has 1 nitrogen and oxygen atoms in total. The van der Waals surface area contributed by atoms with Crippen molar-refractivity contribution < 1.29 is 4.74 Å². The molecule has 5 rings (SSSR count). The maximum atomic E-state index is 7.12. The fourth-order valence-corrected chi connectivity index (χ4v) is 10.9. The predicted molar refractivity (Wildman–Crippen MR) is 131 cm³/mol. The van der Waals surface area contributed by atoms with Gasteiger partial charge in [-0.1, -0.05) is 53.2 Å². The molecule has 31 heavy (non-hydrogen) atoms. The lowest BCUT2D eigenvalue weighted by Crippen LogP contribution is -2.66. The summed E-state index contributed by atoms with van der Waals surface area (Å²) in [5.74, 6) is 3.38. The largest absolute Gasteiger partial charge is 0.370 e. The van der Waals surface area contributed by atoms with Crippen molar-refractivity contribution in [2.45, 2.75) is 131 Å². The van der Waals surface area contributed by atoms with E-state index in [1.165, 1.54) is 69.8 Å². The summed E-state index contributed by atoms with van der Waals surface area (Å²) in [6, 6.07) is 0. The Hall–Kier alpha value is -0.300. The van der Waals surface area contributed by atoms with Gasteiger partial charge < -0.3 is 4.74 Å². The summed E-state index contributed by atoms with van der Waals surface area (Å²) in [5, 5.41) is 0. The van der Waals surface area contributed by atoms with Crippen LogP contribution in [0, 0.1) is 45.3 Å². The lowest BCUT2D eigenvalue weighted by atomic mass is 9.36. The van der Waals surface area contributed by atoms with E-state index in [9.17, 15) is 0 Å². The molecule has 0 aromatic heterocycles. The lowest BCUT2D eigenvalue weighted by Gasteiger charge is -2.68. The van der Waals surface area contributed by atoms with Gasteiger partial charge in [0.1, 0.15) is 0 Å². The van der Waals surface area contributed by atoms with Gasteiger partial charge in [-0.15, -0.1) is 0 Å². The molecular weight excluding hydrogens is 376 g/mol. The van der Waals surface area contributed by atoms with Crippen LogP contribution in [-0.4, -0.2) is 11.7 Å². The van der Waals surface area contributed by atoms with Gasteiger partial charge >= 0.3 is 0 Å². The van der Waals surface area contributed by atoms with E-state index in [1.807, 2.05) is 0 Å². The zero-order valence-corrected chi connectivity index (χ0v) is 21.9. The van der Waals surface area contributed by atoms with Crippen molar-refractivity contribution in [1.29, 1.82) is 0 Å². The molecule has 0 unspecified atom stereocenters. The molecule has 176 valence electrons. The van der Waals surface area contributed by atoms with Crippen molar-refractivity contribution >= 4 is 0 Å². The number of rotatable bonds is 4. The second-order valence-corrected chi connectivity index (χ2v) is 14.3. The summed E-state index contributed by atoms with van der Waals surface area (Å²) in [4.78, 5) is 0. The first-order valence-corrected chi connectivity index (χ1v) is 13.7. The third-order valence-corrected chi connectivity index (χ3v) is 12.8. The predicted octanol–water partition coefficient (Wildman–Crippen LogP) is 8.58.